The zero-order chi connectivity index (χ0) is 13.4. The summed E-state index contributed by atoms with van der Waals surface area (Å²) < 4.78 is 18.8. The van der Waals surface area contributed by atoms with Crippen molar-refractivity contribution >= 4 is 17.2 Å². The molecule has 2 aromatic heterocycles. The second-order valence-corrected chi connectivity index (χ2v) is 5.21. The summed E-state index contributed by atoms with van der Waals surface area (Å²) in [5.74, 6) is 0.518. The number of aryl methyl sites for hydroxylation is 1. The fourth-order valence-corrected chi connectivity index (χ4v) is 2.80. The number of nitrogens with zero attached hydrogens (tertiary/aromatic N) is 1. The Morgan fingerprint density at radius 1 is 1.32 bits per heavy atom. The Morgan fingerprint density at radius 3 is 2.84 bits per heavy atom. The van der Waals surface area contributed by atoms with Gasteiger partial charge in [-0.05, 0) is 42.1 Å². The molecule has 3 nitrogen and oxygen atoms in total. The van der Waals surface area contributed by atoms with Crippen molar-refractivity contribution in [2.45, 2.75) is 6.92 Å². The van der Waals surface area contributed by atoms with Gasteiger partial charge in [-0.2, -0.15) is 0 Å². The summed E-state index contributed by atoms with van der Waals surface area (Å²) in [5.41, 5.74) is 8.04. The average molecular weight is 274 g/mol. The van der Waals surface area contributed by atoms with Crippen LogP contribution in [-0.2, 0) is 0 Å². The zero-order valence-electron chi connectivity index (χ0n) is 10.2. The molecule has 0 bridgehead atoms. The van der Waals surface area contributed by atoms with Crippen LogP contribution in [0.5, 0.6) is 0 Å². The molecule has 96 valence electrons. The standard InChI is InChI=1S/C14H11FN2OS/c1-8-5-9(7-10(15)6-8)13-12(14(16)17-18-13)11-3-2-4-19-11/h2-7H,1H3,(H2,16,17). The minimum Gasteiger partial charge on any atom is -0.380 e. The highest BCUT2D eigenvalue weighted by Gasteiger charge is 2.19. The molecule has 0 radical (unpaired) electrons. The summed E-state index contributed by atoms with van der Waals surface area (Å²) in [4.78, 5) is 0.954. The molecule has 0 aliphatic carbocycles. The average Bonchev–Trinajstić information content (AvgIpc) is 2.96. The number of benzene rings is 1. The van der Waals surface area contributed by atoms with Crippen molar-refractivity contribution in [3.8, 4) is 21.8 Å². The van der Waals surface area contributed by atoms with Gasteiger partial charge in [-0.3, -0.25) is 0 Å². The highest BCUT2D eigenvalue weighted by atomic mass is 32.1. The van der Waals surface area contributed by atoms with Gasteiger partial charge in [-0.15, -0.1) is 11.3 Å². The molecular weight excluding hydrogens is 263 g/mol. The van der Waals surface area contributed by atoms with Crippen molar-refractivity contribution in [3.05, 3.63) is 47.1 Å². The molecule has 0 atom stereocenters. The number of thiophene rings is 1. The smallest absolute Gasteiger partial charge is 0.177 e. The van der Waals surface area contributed by atoms with Crippen LogP contribution in [0.2, 0.25) is 0 Å². The number of nitrogens with two attached hydrogens (primary N) is 1. The van der Waals surface area contributed by atoms with E-state index in [1.807, 2.05) is 30.5 Å². The van der Waals surface area contributed by atoms with E-state index in [1.165, 1.54) is 23.5 Å². The zero-order valence-corrected chi connectivity index (χ0v) is 11.0. The maximum Gasteiger partial charge on any atom is 0.177 e. The van der Waals surface area contributed by atoms with Crippen LogP contribution in [0.25, 0.3) is 21.8 Å². The van der Waals surface area contributed by atoms with Gasteiger partial charge in [0.05, 0.1) is 5.56 Å². The molecule has 3 rings (SSSR count). The van der Waals surface area contributed by atoms with Crippen LogP contribution in [0.3, 0.4) is 0 Å². The molecule has 0 aliphatic heterocycles. The number of anilines is 1. The summed E-state index contributed by atoms with van der Waals surface area (Å²) in [6.07, 6.45) is 0. The van der Waals surface area contributed by atoms with E-state index in [4.69, 9.17) is 10.3 Å². The van der Waals surface area contributed by atoms with Gasteiger partial charge in [-0.25, -0.2) is 4.39 Å². The molecule has 0 spiro atoms. The highest BCUT2D eigenvalue weighted by Crippen LogP contribution is 2.39. The van der Waals surface area contributed by atoms with Crippen LogP contribution >= 0.6 is 11.3 Å². The monoisotopic (exact) mass is 274 g/mol. The van der Waals surface area contributed by atoms with Crippen LogP contribution in [0.15, 0.2) is 40.2 Å². The Labute approximate surface area is 113 Å². The highest BCUT2D eigenvalue weighted by molar-refractivity contribution is 7.13. The molecule has 1 aromatic carbocycles. The predicted molar refractivity (Wildman–Crippen MR) is 74.4 cm³/mol. The van der Waals surface area contributed by atoms with Gasteiger partial charge >= 0.3 is 0 Å². The predicted octanol–water partition coefficient (Wildman–Crippen LogP) is 4.10. The number of hydrogen-bond donors (Lipinski definition) is 1. The SMILES string of the molecule is Cc1cc(F)cc(-c2onc(N)c2-c2cccs2)c1. The lowest BCUT2D eigenvalue weighted by Crippen LogP contribution is -1.88. The van der Waals surface area contributed by atoms with Gasteiger partial charge in [0.25, 0.3) is 0 Å². The van der Waals surface area contributed by atoms with E-state index in [2.05, 4.69) is 5.16 Å². The van der Waals surface area contributed by atoms with Crippen LogP contribution in [0, 0.1) is 12.7 Å². The molecule has 2 N–H and O–H groups in total. The fraction of sp³-hybridized carbons (Fsp3) is 0.0714. The fourth-order valence-electron chi connectivity index (χ4n) is 2.03. The summed E-state index contributed by atoms with van der Waals surface area (Å²) >= 11 is 1.54. The Balaban J connectivity index is 2.21. The van der Waals surface area contributed by atoms with E-state index in [0.29, 0.717) is 17.1 Å². The molecule has 0 saturated carbocycles. The van der Waals surface area contributed by atoms with Crippen molar-refractivity contribution < 1.29 is 8.91 Å². The second-order valence-electron chi connectivity index (χ2n) is 4.27. The first kappa shape index (κ1) is 11.9. The van der Waals surface area contributed by atoms with Gasteiger partial charge in [0.15, 0.2) is 11.6 Å². The minimum atomic E-state index is -0.304. The van der Waals surface area contributed by atoms with Crippen LogP contribution in [0.1, 0.15) is 5.56 Å². The third kappa shape index (κ3) is 2.13. The van der Waals surface area contributed by atoms with E-state index in [-0.39, 0.29) is 5.82 Å². The Bertz CT molecular complexity index is 699. The van der Waals surface area contributed by atoms with Crippen molar-refractivity contribution in [2.24, 2.45) is 0 Å². The first-order valence-electron chi connectivity index (χ1n) is 5.72. The maximum atomic E-state index is 13.5. The number of hydrogen-bond acceptors (Lipinski definition) is 4. The van der Waals surface area contributed by atoms with Gasteiger partial charge in [-0.1, -0.05) is 11.2 Å². The summed E-state index contributed by atoms with van der Waals surface area (Å²) in [7, 11) is 0. The van der Waals surface area contributed by atoms with Crippen LogP contribution in [0.4, 0.5) is 10.2 Å². The van der Waals surface area contributed by atoms with Crippen molar-refractivity contribution in [3.63, 3.8) is 0 Å². The van der Waals surface area contributed by atoms with E-state index >= 15 is 0 Å². The number of rotatable bonds is 2. The van der Waals surface area contributed by atoms with Crippen LogP contribution < -0.4 is 5.73 Å². The molecule has 0 amide bonds. The first-order valence-corrected chi connectivity index (χ1v) is 6.59. The molecule has 0 aliphatic rings. The molecule has 5 heteroatoms. The maximum absolute atomic E-state index is 13.5. The number of halogens is 1. The van der Waals surface area contributed by atoms with Crippen molar-refractivity contribution in [2.75, 3.05) is 5.73 Å². The Morgan fingerprint density at radius 2 is 2.16 bits per heavy atom. The van der Waals surface area contributed by atoms with E-state index in [0.717, 1.165) is 16.0 Å². The Kier molecular flexibility index (Phi) is 2.83. The molecule has 19 heavy (non-hydrogen) atoms. The lowest BCUT2D eigenvalue weighted by atomic mass is 10.0. The van der Waals surface area contributed by atoms with Gasteiger partial charge in [0.1, 0.15) is 5.82 Å². The molecule has 2 heterocycles. The second kappa shape index (κ2) is 4.51. The normalized spacial score (nSPS) is 10.8. The first-order chi connectivity index (χ1) is 9.15. The van der Waals surface area contributed by atoms with E-state index in [1.54, 1.807) is 0 Å². The van der Waals surface area contributed by atoms with Gasteiger partial charge in [0.2, 0.25) is 0 Å². The van der Waals surface area contributed by atoms with Crippen LogP contribution in [-0.4, -0.2) is 5.16 Å². The molecule has 0 fully saturated rings. The van der Waals surface area contributed by atoms with E-state index < -0.39 is 0 Å². The lowest BCUT2D eigenvalue weighted by Gasteiger charge is -2.02. The lowest BCUT2D eigenvalue weighted by molar-refractivity contribution is 0.436. The molecule has 0 unspecified atom stereocenters. The van der Waals surface area contributed by atoms with Crippen molar-refractivity contribution in [1.82, 2.24) is 5.16 Å². The Hall–Kier alpha value is -2.14. The number of aromatic nitrogens is 1. The van der Waals surface area contributed by atoms with E-state index in [9.17, 15) is 4.39 Å². The molecule has 0 saturated heterocycles. The third-order valence-electron chi connectivity index (χ3n) is 2.79. The van der Waals surface area contributed by atoms with Crippen molar-refractivity contribution in [1.29, 1.82) is 0 Å². The summed E-state index contributed by atoms with van der Waals surface area (Å²) in [5, 5.41) is 5.74. The molecule has 3 aromatic rings. The van der Waals surface area contributed by atoms with Gasteiger partial charge < -0.3 is 10.3 Å². The number of nitrogen functional groups attached to an aromatic ring is 1. The molecular formula is C14H11FN2OS. The topological polar surface area (TPSA) is 52.0 Å². The summed E-state index contributed by atoms with van der Waals surface area (Å²) in [6, 6.07) is 8.59. The third-order valence-corrected chi connectivity index (χ3v) is 3.68. The quantitative estimate of drug-likeness (QED) is 0.765. The minimum absolute atomic E-state index is 0.304. The summed E-state index contributed by atoms with van der Waals surface area (Å²) in [6.45, 7) is 1.83. The van der Waals surface area contributed by atoms with Gasteiger partial charge in [0, 0.05) is 10.4 Å². The largest absolute Gasteiger partial charge is 0.380 e.